The third kappa shape index (κ3) is 5.72. The lowest BCUT2D eigenvalue weighted by atomic mass is 10.1. The number of alkyl halides is 4. The molecule has 1 aromatic carbocycles. The highest BCUT2D eigenvalue weighted by molar-refractivity contribution is 7.89. The number of nitrogens with zero attached hydrogens (tertiary/aromatic N) is 4. The Morgan fingerprint density at radius 1 is 1.05 bits per heavy atom. The summed E-state index contributed by atoms with van der Waals surface area (Å²) in [5.74, 6) is -3.81. The highest BCUT2D eigenvalue weighted by atomic mass is 32.2. The van der Waals surface area contributed by atoms with Gasteiger partial charge in [0.2, 0.25) is 21.8 Å². The van der Waals surface area contributed by atoms with E-state index in [-0.39, 0.29) is 21.7 Å². The Labute approximate surface area is 206 Å². The van der Waals surface area contributed by atoms with Gasteiger partial charge < -0.3 is 5.32 Å². The van der Waals surface area contributed by atoms with E-state index < -0.39 is 71.3 Å². The molecule has 3 heterocycles. The molecule has 0 aliphatic carbocycles. The first-order valence-corrected chi connectivity index (χ1v) is 12.0. The first-order valence-electron chi connectivity index (χ1n) is 10.6. The maximum absolute atomic E-state index is 14.3. The smallest absolute Gasteiger partial charge is 0.351 e. The number of carbonyl (C=O) groups excluding carboxylic acids is 1. The average molecular weight is 545 g/mol. The number of rotatable bonds is 6. The molecule has 3 aromatic rings. The number of carbonyl (C=O) groups is 1. The Bertz CT molecular complexity index is 1400. The predicted octanol–water partition coefficient (Wildman–Crippen LogP) is 3.25. The molecule has 196 valence electrons. The van der Waals surface area contributed by atoms with Crippen molar-refractivity contribution in [2.45, 2.75) is 36.3 Å². The van der Waals surface area contributed by atoms with Crippen LogP contribution in [0.3, 0.4) is 0 Å². The number of sulfonamides is 1. The second-order valence-corrected chi connectivity index (χ2v) is 9.94. The Hall–Kier alpha value is -3.59. The molecule has 2 aromatic heterocycles. The van der Waals surface area contributed by atoms with Crippen LogP contribution in [-0.2, 0) is 27.5 Å². The van der Waals surface area contributed by atoms with E-state index in [1.807, 2.05) is 0 Å². The van der Waals surface area contributed by atoms with Crippen LogP contribution in [-0.4, -0.2) is 52.3 Å². The van der Waals surface area contributed by atoms with Gasteiger partial charge in [-0.3, -0.25) is 9.78 Å². The van der Waals surface area contributed by atoms with E-state index >= 15 is 0 Å². The number of hydrogen-bond acceptors (Lipinski definition) is 6. The Kier molecular flexibility index (Phi) is 7.19. The molecule has 1 aliphatic heterocycles. The molecule has 0 saturated carbocycles. The maximum Gasteiger partial charge on any atom is 0.451 e. The lowest BCUT2D eigenvalue weighted by Crippen LogP contribution is -2.45. The van der Waals surface area contributed by atoms with Gasteiger partial charge in [-0.15, -0.1) is 0 Å². The van der Waals surface area contributed by atoms with Crippen LogP contribution in [0.2, 0.25) is 0 Å². The van der Waals surface area contributed by atoms with E-state index in [1.54, 1.807) is 0 Å². The highest BCUT2D eigenvalue weighted by Gasteiger charge is 2.44. The fourth-order valence-corrected chi connectivity index (χ4v) is 5.31. The number of nitrogens with one attached hydrogen (secondary N) is 1. The summed E-state index contributed by atoms with van der Waals surface area (Å²) in [5, 5.41) is 2.35. The fourth-order valence-electron chi connectivity index (χ4n) is 3.68. The minimum atomic E-state index is -4.75. The van der Waals surface area contributed by atoms with Gasteiger partial charge in [-0.1, -0.05) is 0 Å². The molecule has 0 bridgehead atoms. The molecule has 0 radical (unpaired) electrons. The zero-order valence-corrected chi connectivity index (χ0v) is 19.4. The van der Waals surface area contributed by atoms with Crippen LogP contribution in [0.1, 0.15) is 17.8 Å². The number of hydrogen-bond donors (Lipinski definition) is 1. The average Bonchev–Trinajstić information content (AvgIpc) is 3.26. The topological polar surface area (TPSA) is 105 Å². The van der Waals surface area contributed by atoms with E-state index in [0.29, 0.717) is 4.31 Å². The predicted molar refractivity (Wildman–Crippen MR) is 116 cm³/mol. The van der Waals surface area contributed by atoms with Crippen LogP contribution in [0.5, 0.6) is 0 Å². The number of amides is 1. The van der Waals surface area contributed by atoms with Crippen molar-refractivity contribution in [3.05, 3.63) is 71.9 Å². The standard InChI is InChI=1S/C22H17F6N5O3S/c23-14-1-3-16(4-2-14)37(35,36)33-11-15(24)6-19(33)20(34)30-7-12-5-18(29-10-17(12)25)13-8-31-21(32-9-13)22(26,27)28/h1-5,8-10,15,19H,6-7,11H2,(H,30,34)/t15-,19+/m1/s1. The maximum atomic E-state index is 14.3. The first-order chi connectivity index (χ1) is 17.4. The first kappa shape index (κ1) is 26.5. The second kappa shape index (κ2) is 10.0. The SMILES string of the molecule is O=C(NCc1cc(-c2cnc(C(F)(F)F)nc2)ncc1F)[C@@H]1C[C@@H](F)CN1S(=O)(=O)c1ccc(F)cc1. The molecule has 15 heteroatoms. The van der Waals surface area contributed by atoms with Crippen LogP contribution < -0.4 is 5.32 Å². The van der Waals surface area contributed by atoms with Crippen molar-refractivity contribution in [2.24, 2.45) is 0 Å². The minimum absolute atomic E-state index is 0.0181. The Morgan fingerprint density at radius 3 is 2.32 bits per heavy atom. The van der Waals surface area contributed by atoms with Crippen molar-refractivity contribution in [2.75, 3.05) is 6.54 Å². The highest BCUT2D eigenvalue weighted by Crippen LogP contribution is 2.29. The van der Waals surface area contributed by atoms with Crippen LogP contribution >= 0.6 is 0 Å². The molecule has 0 unspecified atom stereocenters. The summed E-state index contributed by atoms with van der Waals surface area (Å²) < 4.78 is 106. The zero-order valence-electron chi connectivity index (χ0n) is 18.6. The number of pyridine rings is 1. The van der Waals surface area contributed by atoms with Crippen LogP contribution in [0.15, 0.2) is 53.8 Å². The van der Waals surface area contributed by atoms with Gasteiger partial charge in [0.1, 0.15) is 23.8 Å². The molecule has 37 heavy (non-hydrogen) atoms. The summed E-state index contributed by atoms with van der Waals surface area (Å²) in [6, 6.07) is 3.51. The monoisotopic (exact) mass is 545 g/mol. The van der Waals surface area contributed by atoms with Crippen molar-refractivity contribution < 1.29 is 39.6 Å². The van der Waals surface area contributed by atoms with Crippen LogP contribution in [0.4, 0.5) is 26.3 Å². The quantitative estimate of drug-likeness (QED) is 0.477. The summed E-state index contributed by atoms with van der Waals surface area (Å²) in [4.78, 5) is 22.7. The molecule has 8 nitrogen and oxygen atoms in total. The molecule has 0 spiro atoms. The Balaban J connectivity index is 1.50. The van der Waals surface area contributed by atoms with Gasteiger partial charge in [0.15, 0.2) is 0 Å². The van der Waals surface area contributed by atoms with Crippen molar-refractivity contribution >= 4 is 15.9 Å². The van der Waals surface area contributed by atoms with Gasteiger partial charge in [-0.2, -0.15) is 17.5 Å². The molecule has 1 N–H and O–H groups in total. The van der Waals surface area contributed by atoms with Gasteiger partial charge in [0.05, 0.1) is 16.8 Å². The molecule has 1 amide bonds. The molecule has 4 rings (SSSR count). The minimum Gasteiger partial charge on any atom is -0.351 e. The number of aromatic nitrogens is 3. The van der Waals surface area contributed by atoms with E-state index in [4.69, 9.17) is 0 Å². The van der Waals surface area contributed by atoms with Crippen molar-refractivity contribution in [1.29, 1.82) is 0 Å². The van der Waals surface area contributed by atoms with Gasteiger partial charge in [-0.05, 0) is 30.3 Å². The van der Waals surface area contributed by atoms with Crippen LogP contribution in [0.25, 0.3) is 11.3 Å². The molecule has 1 aliphatic rings. The van der Waals surface area contributed by atoms with E-state index in [2.05, 4.69) is 20.3 Å². The van der Waals surface area contributed by atoms with Crippen molar-refractivity contribution in [1.82, 2.24) is 24.6 Å². The molecule has 2 atom stereocenters. The van der Waals surface area contributed by atoms with Crippen molar-refractivity contribution in [3.8, 4) is 11.3 Å². The van der Waals surface area contributed by atoms with E-state index in [0.717, 1.165) is 48.9 Å². The summed E-state index contributed by atoms with van der Waals surface area (Å²) in [5.41, 5.74) is -0.0567. The van der Waals surface area contributed by atoms with Gasteiger partial charge in [0, 0.05) is 43.0 Å². The van der Waals surface area contributed by atoms with Gasteiger partial charge in [0.25, 0.3) is 0 Å². The zero-order chi connectivity index (χ0) is 27.0. The summed E-state index contributed by atoms with van der Waals surface area (Å²) in [7, 11) is -4.34. The molecular formula is C22H17F6N5O3S. The van der Waals surface area contributed by atoms with Gasteiger partial charge >= 0.3 is 6.18 Å². The van der Waals surface area contributed by atoms with E-state index in [1.165, 1.54) is 0 Å². The van der Waals surface area contributed by atoms with E-state index in [9.17, 15) is 39.6 Å². The van der Waals surface area contributed by atoms with Gasteiger partial charge in [-0.25, -0.2) is 31.6 Å². The normalized spacial score (nSPS) is 18.6. The third-order valence-corrected chi connectivity index (χ3v) is 7.41. The number of benzene rings is 1. The fraction of sp³-hybridized carbons (Fsp3) is 0.273. The lowest BCUT2D eigenvalue weighted by molar-refractivity contribution is -0.145. The van der Waals surface area contributed by atoms with Crippen LogP contribution in [0, 0.1) is 11.6 Å². The third-order valence-electron chi connectivity index (χ3n) is 5.52. The number of halogens is 6. The second-order valence-electron chi connectivity index (χ2n) is 8.05. The van der Waals surface area contributed by atoms with Crippen molar-refractivity contribution in [3.63, 3.8) is 0 Å². The lowest BCUT2D eigenvalue weighted by Gasteiger charge is -2.23. The Morgan fingerprint density at radius 2 is 1.70 bits per heavy atom. The summed E-state index contributed by atoms with van der Waals surface area (Å²) >= 11 is 0. The molecule has 1 saturated heterocycles. The molecule has 1 fully saturated rings. The summed E-state index contributed by atoms with van der Waals surface area (Å²) in [6.45, 7) is -1.06. The largest absolute Gasteiger partial charge is 0.451 e. The summed E-state index contributed by atoms with van der Waals surface area (Å²) in [6.07, 6.45) is -4.34. The molecular weight excluding hydrogens is 528 g/mol.